The van der Waals surface area contributed by atoms with Crippen LogP contribution in [-0.4, -0.2) is 57.9 Å². The molecule has 0 spiro atoms. The Balaban J connectivity index is 5.51. The van der Waals surface area contributed by atoms with Crippen LogP contribution in [-0.2, 0) is 23.4 Å². The van der Waals surface area contributed by atoms with Crippen molar-refractivity contribution in [3.05, 3.63) is 0 Å². The lowest BCUT2D eigenvalue weighted by Gasteiger charge is -2.43. The van der Waals surface area contributed by atoms with Crippen LogP contribution in [0.25, 0.3) is 0 Å². The molecule has 0 aromatic heterocycles. The van der Waals surface area contributed by atoms with Gasteiger partial charge in [-0.3, -0.25) is 4.79 Å². The summed E-state index contributed by atoms with van der Waals surface area (Å²) in [4.78, 5) is 12.1. The maximum Gasteiger partial charge on any atom is 0.311 e. The van der Waals surface area contributed by atoms with E-state index in [4.69, 9.17) is 18.6 Å². The fourth-order valence-corrected chi connectivity index (χ4v) is 5.12. The van der Waals surface area contributed by atoms with Crippen molar-refractivity contribution < 1.29 is 23.4 Å². The zero-order valence-electron chi connectivity index (χ0n) is 22.1. The molecule has 5 nitrogen and oxygen atoms in total. The van der Waals surface area contributed by atoms with Gasteiger partial charge in [-0.05, 0) is 51.2 Å². The van der Waals surface area contributed by atoms with Crippen molar-refractivity contribution in [3.63, 3.8) is 0 Å². The monoisotopic (exact) mass is 572 g/mol. The third-order valence-corrected chi connectivity index (χ3v) is 12.5. The Bertz CT molecular complexity index is 527. The van der Waals surface area contributed by atoms with Crippen LogP contribution in [0.3, 0.4) is 0 Å². The van der Waals surface area contributed by atoms with Crippen LogP contribution in [0.1, 0.15) is 68.2 Å². The lowest BCUT2D eigenvalue weighted by Crippen LogP contribution is -2.49. The molecule has 0 aliphatic rings. The van der Waals surface area contributed by atoms with E-state index >= 15 is 0 Å². The van der Waals surface area contributed by atoms with E-state index in [2.05, 4.69) is 70.3 Å². The number of carbonyl (C=O) groups excluding carboxylic acids is 1. The van der Waals surface area contributed by atoms with Crippen LogP contribution in [0.5, 0.6) is 0 Å². The zero-order valence-corrected chi connectivity index (χ0v) is 25.3. The standard InChI is InChI=1S/C24H49IO5Si/c1-17(16-25)20(28-10)15-21(30-31(11,12)24(6,7)8)18(2)19(27-9)13-14-29-22(26)23(3,4)5/h17-21H,13-16H2,1-12H3/t17-,18-,19+,20+,21+/m0/s1. The molecule has 0 N–H and O–H groups in total. The van der Waals surface area contributed by atoms with Crippen molar-refractivity contribution >= 4 is 36.9 Å². The van der Waals surface area contributed by atoms with Gasteiger partial charge in [0, 0.05) is 31.0 Å². The maximum absolute atomic E-state index is 12.1. The zero-order chi connectivity index (χ0) is 24.6. The highest BCUT2D eigenvalue weighted by Crippen LogP contribution is 2.39. The van der Waals surface area contributed by atoms with E-state index in [0.29, 0.717) is 18.9 Å². The smallest absolute Gasteiger partial charge is 0.311 e. The van der Waals surface area contributed by atoms with Crippen molar-refractivity contribution in [3.8, 4) is 0 Å². The number of hydrogen-bond acceptors (Lipinski definition) is 5. The van der Waals surface area contributed by atoms with E-state index in [1.165, 1.54) is 0 Å². The van der Waals surface area contributed by atoms with Gasteiger partial charge in [-0.15, -0.1) is 0 Å². The predicted molar refractivity (Wildman–Crippen MR) is 141 cm³/mol. The Hall–Kier alpha value is 0.297. The summed E-state index contributed by atoms with van der Waals surface area (Å²) >= 11 is 2.42. The Morgan fingerprint density at radius 2 is 1.45 bits per heavy atom. The molecule has 0 aromatic rings. The van der Waals surface area contributed by atoms with Gasteiger partial charge in [0.05, 0.1) is 30.3 Å². The van der Waals surface area contributed by atoms with E-state index in [-0.39, 0.29) is 35.2 Å². The van der Waals surface area contributed by atoms with Gasteiger partial charge in [0.1, 0.15) is 0 Å². The van der Waals surface area contributed by atoms with E-state index in [1.807, 2.05) is 20.8 Å². The number of esters is 1. The maximum atomic E-state index is 12.1. The van der Waals surface area contributed by atoms with Gasteiger partial charge in [0.25, 0.3) is 0 Å². The first kappa shape index (κ1) is 31.3. The summed E-state index contributed by atoms with van der Waals surface area (Å²) in [6.07, 6.45) is 1.56. The lowest BCUT2D eigenvalue weighted by molar-refractivity contribution is -0.154. The molecule has 0 aromatic carbocycles. The average Bonchev–Trinajstić information content (AvgIpc) is 2.65. The lowest BCUT2D eigenvalue weighted by atomic mass is 9.89. The van der Waals surface area contributed by atoms with Crippen molar-refractivity contribution in [1.29, 1.82) is 0 Å². The highest BCUT2D eigenvalue weighted by atomic mass is 127. The molecule has 0 bridgehead atoms. The number of methoxy groups -OCH3 is 2. The molecule has 0 aliphatic carbocycles. The molecular weight excluding hydrogens is 523 g/mol. The molecular formula is C24H49IO5Si. The van der Waals surface area contributed by atoms with Gasteiger partial charge in [0.2, 0.25) is 0 Å². The Morgan fingerprint density at radius 3 is 1.84 bits per heavy atom. The first-order valence-corrected chi connectivity index (χ1v) is 15.9. The van der Waals surface area contributed by atoms with Gasteiger partial charge in [0.15, 0.2) is 8.32 Å². The molecule has 0 rings (SSSR count). The molecule has 0 amide bonds. The third kappa shape index (κ3) is 10.4. The first-order valence-electron chi connectivity index (χ1n) is 11.5. The number of hydrogen-bond donors (Lipinski definition) is 0. The van der Waals surface area contributed by atoms with Crippen molar-refractivity contribution in [2.24, 2.45) is 17.3 Å². The summed E-state index contributed by atoms with van der Waals surface area (Å²) in [5.74, 6) is 0.406. The Labute approximate surface area is 207 Å². The summed E-state index contributed by atoms with van der Waals surface area (Å²) in [6, 6.07) is 0. The van der Waals surface area contributed by atoms with Crippen LogP contribution >= 0.6 is 22.6 Å². The molecule has 0 fully saturated rings. The quantitative estimate of drug-likeness (QED) is 0.109. The summed E-state index contributed by atoms with van der Waals surface area (Å²) < 4.78 is 25.2. The minimum Gasteiger partial charge on any atom is -0.465 e. The van der Waals surface area contributed by atoms with E-state index < -0.39 is 13.7 Å². The minimum absolute atomic E-state index is 0.0134. The first-order chi connectivity index (χ1) is 14.0. The van der Waals surface area contributed by atoms with Crippen LogP contribution < -0.4 is 0 Å². The fourth-order valence-electron chi connectivity index (χ4n) is 3.13. The molecule has 0 radical (unpaired) electrons. The summed E-state index contributed by atoms with van der Waals surface area (Å²) in [6.45, 7) is 21.8. The molecule has 186 valence electrons. The molecule has 0 aliphatic heterocycles. The number of halogens is 1. The second-order valence-corrected chi connectivity index (χ2v) is 17.0. The second kappa shape index (κ2) is 13.3. The molecule has 31 heavy (non-hydrogen) atoms. The number of alkyl halides is 1. The predicted octanol–water partition coefficient (Wildman–Crippen LogP) is 6.48. The van der Waals surface area contributed by atoms with Gasteiger partial charge < -0.3 is 18.6 Å². The molecule has 0 saturated carbocycles. The van der Waals surface area contributed by atoms with Crippen LogP contribution in [0.4, 0.5) is 0 Å². The molecule has 0 heterocycles. The van der Waals surface area contributed by atoms with Gasteiger partial charge in [-0.2, -0.15) is 0 Å². The van der Waals surface area contributed by atoms with Gasteiger partial charge in [-0.1, -0.05) is 57.2 Å². The number of rotatable bonds is 13. The van der Waals surface area contributed by atoms with Crippen LogP contribution in [0.15, 0.2) is 0 Å². The van der Waals surface area contributed by atoms with E-state index in [9.17, 15) is 4.79 Å². The Morgan fingerprint density at radius 1 is 0.935 bits per heavy atom. The highest BCUT2D eigenvalue weighted by molar-refractivity contribution is 14.1. The van der Waals surface area contributed by atoms with E-state index in [0.717, 1.165) is 10.8 Å². The number of carbonyl (C=O) groups is 1. The van der Waals surface area contributed by atoms with Gasteiger partial charge in [-0.25, -0.2) is 0 Å². The minimum atomic E-state index is -1.99. The largest absolute Gasteiger partial charge is 0.465 e. The molecule has 5 atom stereocenters. The fraction of sp³-hybridized carbons (Fsp3) is 0.958. The SMILES string of the molecule is CO[C@H](CCOC(=O)C(C)(C)C)[C@H](C)[C@@H](C[C@@H](OC)[C@@H](C)CI)O[Si](C)(C)C(C)(C)C. The molecule has 0 unspecified atom stereocenters. The van der Waals surface area contributed by atoms with Crippen molar-refractivity contribution in [1.82, 2.24) is 0 Å². The van der Waals surface area contributed by atoms with Crippen molar-refractivity contribution in [2.75, 3.05) is 25.3 Å². The normalized spacial score (nSPS) is 18.2. The summed E-state index contributed by atoms with van der Waals surface area (Å²) in [7, 11) is 1.54. The summed E-state index contributed by atoms with van der Waals surface area (Å²) in [5.41, 5.74) is -0.497. The van der Waals surface area contributed by atoms with Crippen molar-refractivity contribution in [2.45, 2.75) is 105 Å². The van der Waals surface area contributed by atoms with Crippen LogP contribution in [0.2, 0.25) is 18.1 Å². The van der Waals surface area contributed by atoms with E-state index in [1.54, 1.807) is 14.2 Å². The highest BCUT2D eigenvalue weighted by Gasteiger charge is 2.42. The second-order valence-electron chi connectivity index (χ2n) is 11.4. The summed E-state index contributed by atoms with van der Waals surface area (Å²) in [5, 5.41) is 0.118. The molecule has 7 heteroatoms. The van der Waals surface area contributed by atoms with Crippen LogP contribution in [0, 0.1) is 17.3 Å². The third-order valence-electron chi connectivity index (χ3n) is 6.62. The van der Waals surface area contributed by atoms with Gasteiger partial charge >= 0.3 is 5.97 Å². The number of ether oxygens (including phenoxy) is 3. The molecule has 0 saturated heterocycles. The Kier molecular flexibility index (Phi) is 13.4. The average molecular weight is 573 g/mol. The topological polar surface area (TPSA) is 54.0 Å².